The smallest absolute Gasteiger partial charge is 0.325 e. The molecule has 2 aromatic rings. The number of halogens is 1. The lowest BCUT2D eigenvalue weighted by molar-refractivity contribution is -0.132. The van der Waals surface area contributed by atoms with E-state index in [2.05, 4.69) is 5.32 Å². The Hall–Kier alpha value is -2.97. The van der Waals surface area contributed by atoms with Crippen molar-refractivity contribution in [3.63, 3.8) is 0 Å². The first kappa shape index (κ1) is 20.3. The van der Waals surface area contributed by atoms with Crippen molar-refractivity contribution < 1.29 is 28.9 Å². The summed E-state index contributed by atoms with van der Waals surface area (Å²) >= 11 is 5.83. The van der Waals surface area contributed by atoms with E-state index < -0.39 is 23.6 Å². The van der Waals surface area contributed by atoms with Gasteiger partial charge in [-0.05, 0) is 48.9 Å². The summed E-state index contributed by atoms with van der Waals surface area (Å²) in [5, 5.41) is 13.6. The van der Waals surface area contributed by atoms with Crippen LogP contribution in [0.3, 0.4) is 0 Å². The maximum atomic E-state index is 13.1. The number of nitrogens with one attached hydrogen (secondary N) is 1. The Bertz CT molecular complexity index is 966. The normalized spacial score (nSPS) is 21.4. The molecule has 2 N–H and O–H groups in total. The molecule has 4 rings (SSSR count). The zero-order valence-electron chi connectivity index (χ0n) is 16.3. The lowest BCUT2D eigenvalue weighted by atomic mass is 9.91. The number of hydrogen-bond donors (Lipinski definition) is 2. The predicted molar refractivity (Wildman–Crippen MR) is 108 cm³/mol. The summed E-state index contributed by atoms with van der Waals surface area (Å²) in [6, 6.07) is 11.2. The van der Waals surface area contributed by atoms with Crippen LogP contribution < -0.4 is 19.5 Å². The summed E-state index contributed by atoms with van der Waals surface area (Å²) in [6.07, 6.45) is -1.06. The molecule has 0 bridgehead atoms. The fraction of sp³-hybridized carbons (Fsp3) is 0.333. The molecule has 30 heavy (non-hydrogen) atoms. The number of hydrogen-bond acceptors (Lipinski definition) is 6. The van der Waals surface area contributed by atoms with Gasteiger partial charge in [0.25, 0.3) is 5.91 Å². The number of nitrogens with zero attached hydrogens (tertiary/aromatic N) is 1. The molecular weight excluding hydrogens is 412 g/mol. The number of β-amino-alcohol motifs (C(OH)–C–C–N with tert-alkyl or cyclic N) is 1. The highest BCUT2D eigenvalue weighted by atomic mass is 35.5. The maximum Gasteiger partial charge on any atom is 0.325 e. The average molecular weight is 433 g/mol. The molecule has 0 saturated carbocycles. The zero-order valence-corrected chi connectivity index (χ0v) is 17.0. The molecule has 0 spiro atoms. The number of rotatable bonds is 6. The molecule has 9 heteroatoms. The standard InChI is InChI=1S/C21H21ClN2O6/c1-21(13-2-7-17-18(10-13)29-9-8-28-17)19(26)24(20(27)23-21)11-15(25)12-30-16-5-3-14(22)4-6-16/h2-7,10,15,25H,8-9,11-12H2,1H3,(H,23,27). The summed E-state index contributed by atoms with van der Waals surface area (Å²) in [7, 11) is 0. The van der Waals surface area contributed by atoms with Crippen LogP contribution in [0.4, 0.5) is 4.79 Å². The molecule has 0 aromatic heterocycles. The third-order valence-electron chi connectivity index (χ3n) is 5.04. The first-order chi connectivity index (χ1) is 14.4. The molecule has 3 amide bonds. The second kappa shape index (κ2) is 8.04. The third-order valence-corrected chi connectivity index (χ3v) is 5.30. The van der Waals surface area contributed by atoms with E-state index in [9.17, 15) is 14.7 Å². The molecule has 2 aromatic carbocycles. The van der Waals surface area contributed by atoms with Gasteiger partial charge in [-0.1, -0.05) is 17.7 Å². The molecule has 2 unspecified atom stereocenters. The molecule has 0 radical (unpaired) electrons. The number of aliphatic hydroxyl groups is 1. The van der Waals surface area contributed by atoms with Crippen LogP contribution in [-0.4, -0.2) is 54.4 Å². The molecule has 1 fully saturated rings. The number of benzene rings is 2. The van der Waals surface area contributed by atoms with E-state index >= 15 is 0 Å². The highest BCUT2D eigenvalue weighted by molar-refractivity contribution is 6.30. The Morgan fingerprint density at radius 2 is 1.87 bits per heavy atom. The molecule has 2 aliphatic rings. The van der Waals surface area contributed by atoms with Crippen LogP contribution in [0.1, 0.15) is 12.5 Å². The fourth-order valence-electron chi connectivity index (χ4n) is 3.40. The second-order valence-corrected chi connectivity index (χ2v) is 7.68. The van der Waals surface area contributed by atoms with Crippen molar-refractivity contribution in [3.05, 3.63) is 53.1 Å². The van der Waals surface area contributed by atoms with Crippen LogP contribution in [0.15, 0.2) is 42.5 Å². The second-order valence-electron chi connectivity index (χ2n) is 7.25. The van der Waals surface area contributed by atoms with Crippen LogP contribution in [0.5, 0.6) is 17.2 Å². The lowest BCUT2D eigenvalue weighted by Gasteiger charge is -2.25. The number of ether oxygens (including phenoxy) is 3. The highest BCUT2D eigenvalue weighted by Crippen LogP contribution is 2.36. The van der Waals surface area contributed by atoms with E-state index in [4.69, 9.17) is 25.8 Å². The minimum atomic E-state index is -1.27. The van der Waals surface area contributed by atoms with Gasteiger partial charge in [0.2, 0.25) is 0 Å². The van der Waals surface area contributed by atoms with Gasteiger partial charge in [-0.2, -0.15) is 0 Å². The number of amides is 3. The summed E-state index contributed by atoms with van der Waals surface area (Å²) in [5.41, 5.74) is -0.705. The molecule has 2 atom stereocenters. The first-order valence-electron chi connectivity index (χ1n) is 9.47. The van der Waals surface area contributed by atoms with Crippen molar-refractivity contribution in [2.75, 3.05) is 26.4 Å². The monoisotopic (exact) mass is 432 g/mol. The average Bonchev–Trinajstić information content (AvgIpc) is 2.97. The summed E-state index contributed by atoms with van der Waals surface area (Å²) in [4.78, 5) is 26.5. The number of urea groups is 1. The number of aliphatic hydroxyl groups excluding tert-OH is 1. The fourth-order valence-corrected chi connectivity index (χ4v) is 3.53. The van der Waals surface area contributed by atoms with Crippen molar-refractivity contribution >= 4 is 23.5 Å². The molecule has 2 heterocycles. The molecule has 1 saturated heterocycles. The van der Waals surface area contributed by atoms with E-state index in [0.717, 1.165) is 4.90 Å². The Labute approximate surface area is 178 Å². The first-order valence-corrected chi connectivity index (χ1v) is 9.85. The minimum absolute atomic E-state index is 0.0839. The van der Waals surface area contributed by atoms with Gasteiger partial charge in [-0.15, -0.1) is 0 Å². The van der Waals surface area contributed by atoms with Crippen molar-refractivity contribution in [1.29, 1.82) is 0 Å². The van der Waals surface area contributed by atoms with Crippen LogP contribution in [0, 0.1) is 0 Å². The van der Waals surface area contributed by atoms with E-state index in [-0.39, 0.29) is 13.2 Å². The highest BCUT2D eigenvalue weighted by Gasteiger charge is 2.49. The quantitative estimate of drug-likeness (QED) is 0.680. The zero-order chi connectivity index (χ0) is 21.3. The Kier molecular flexibility index (Phi) is 5.44. The Morgan fingerprint density at radius 1 is 1.17 bits per heavy atom. The van der Waals surface area contributed by atoms with Crippen molar-refractivity contribution in [1.82, 2.24) is 10.2 Å². The Balaban J connectivity index is 1.43. The number of imide groups is 1. The molecule has 2 aliphatic heterocycles. The van der Waals surface area contributed by atoms with Gasteiger partial charge in [0.1, 0.15) is 37.2 Å². The number of carbonyl (C=O) groups excluding carboxylic acids is 2. The van der Waals surface area contributed by atoms with Gasteiger partial charge in [0.15, 0.2) is 11.5 Å². The van der Waals surface area contributed by atoms with Crippen LogP contribution in [0.2, 0.25) is 5.02 Å². The largest absolute Gasteiger partial charge is 0.491 e. The van der Waals surface area contributed by atoms with Gasteiger partial charge in [0, 0.05) is 5.02 Å². The van der Waals surface area contributed by atoms with E-state index in [1.54, 1.807) is 49.4 Å². The van der Waals surface area contributed by atoms with Gasteiger partial charge in [-0.25, -0.2) is 4.79 Å². The van der Waals surface area contributed by atoms with Crippen molar-refractivity contribution in [2.24, 2.45) is 0 Å². The van der Waals surface area contributed by atoms with E-state index in [1.807, 2.05) is 0 Å². The van der Waals surface area contributed by atoms with Gasteiger partial charge in [0.05, 0.1) is 6.54 Å². The molecule has 8 nitrogen and oxygen atoms in total. The van der Waals surface area contributed by atoms with Crippen molar-refractivity contribution in [3.8, 4) is 17.2 Å². The molecular formula is C21H21ClN2O6. The summed E-state index contributed by atoms with van der Waals surface area (Å²) < 4.78 is 16.6. The Morgan fingerprint density at radius 3 is 2.60 bits per heavy atom. The SMILES string of the molecule is CC1(c2ccc3c(c2)OCCO3)NC(=O)N(CC(O)COc2ccc(Cl)cc2)C1=O. The van der Waals surface area contributed by atoms with E-state index in [1.165, 1.54) is 0 Å². The van der Waals surface area contributed by atoms with Gasteiger partial charge in [-0.3, -0.25) is 9.69 Å². The van der Waals surface area contributed by atoms with E-state index in [0.29, 0.717) is 41.0 Å². The van der Waals surface area contributed by atoms with Gasteiger partial charge < -0.3 is 24.6 Å². The third kappa shape index (κ3) is 3.88. The number of carbonyl (C=O) groups is 2. The van der Waals surface area contributed by atoms with Crippen LogP contribution in [0.25, 0.3) is 0 Å². The van der Waals surface area contributed by atoms with Crippen molar-refractivity contribution in [2.45, 2.75) is 18.6 Å². The maximum absolute atomic E-state index is 13.1. The summed E-state index contributed by atoms with van der Waals surface area (Å²) in [6.45, 7) is 2.22. The molecule has 158 valence electrons. The topological polar surface area (TPSA) is 97.3 Å². The van der Waals surface area contributed by atoms with Crippen LogP contribution >= 0.6 is 11.6 Å². The lowest BCUT2D eigenvalue weighted by Crippen LogP contribution is -2.42. The molecule has 0 aliphatic carbocycles. The minimum Gasteiger partial charge on any atom is -0.491 e. The number of fused-ring (bicyclic) bond motifs is 1. The predicted octanol–water partition coefficient (Wildman–Crippen LogP) is 2.32. The van der Waals surface area contributed by atoms with Crippen LogP contribution in [-0.2, 0) is 10.3 Å². The summed E-state index contributed by atoms with van der Waals surface area (Å²) in [5.74, 6) is 1.18. The van der Waals surface area contributed by atoms with Gasteiger partial charge >= 0.3 is 6.03 Å².